The molecular weight excluding hydrogens is 617 g/mol. The molecule has 0 unspecified atom stereocenters. The summed E-state index contributed by atoms with van der Waals surface area (Å²) in [5.41, 5.74) is 5.76. The van der Waals surface area contributed by atoms with Crippen LogP contribution in [0, 0.1) is 0 Å². The Kier molecular flexibility index (Phi) is 7.97. The van der Waals surface area contributed by atoms with Gasteiger partial charge in [-0.15, -0.1) is 0 Å². The van der Waals surface area contributed by atoms with Gasteiger partial charge in [0, 0.05) is 33.4 Å². The first kappa shape index (κ1) is 30.9. The van der Waals surface area contributed by atoms with Gasteiger partial charge in [-0.3, -0.25) is 0 Å². The van der Waals surface area contributed by atoms with E-state index in [-0.39, 0.29) is 0 Å². The largest absolute Gasteiger partial charge is 0.497 e. The molecule has 2 aliphatic rings. The number of methoxy groups -OCH3 is 2. The van der Waals surface area contributed by atoms with Crippen LogP contribution in [0.3, 0.4) is 0 Å². The van der Waals surface area contributed by atoms with E-state index in [9.17, 15) is 0 Å². The number of hydrogen-bond donors (Lipinski definition) is 0. The second-order valence-electron chi connectivity index (χ2n) is 12.1. The van der Waals surface area contributed by atoms with Gasteiger partial charge in [0.25, 0.3) is 0 Å². The lowest BCUT2D eigenvalue weighted by Crippen LogP contribution is -2.43. The lowest BCUT2D eigenvalue weighted by Gasteiger charge is -2.38. The molecule has 2 aliphatic heterocycles. The Labute approximate surface area is 291 Å². The molecule has 0 spiro atoms. The Morgan fingerprint density at radius 2 is 0.560 bits per heavy atom. The second-order valence-corrected chi connectivity index (χ2v) is 12.1. The molecule has 0 amide bonds. The number of benzene rings is 6. The molecule has 0 N–H and O–H groups in total. The van der Waals surface area contributed by atoms with Crippen LogP contribution in [-0.4, -0.2) is 37.1 Å². The minimum atomic E-state index is -1.37. The van der Waals surface area contributed by atoms with Crippen molar-refractivity contribution in [2.75, 3.05) is 14.2 Å². The molecule has 50 heavy (non-hydrogen) atoms. The number of rotatable bonds is 9. The molecule has 0 saturated heterocycles. The molecule has 0 radical (unpaired) electrons. The van der Waals surface area contributed by atoms with Crippen molar-refractivity contribution in [1.29, 1.82) is 0 Å². The van der Waals surface area contributed by atoms with Gasteiger partial charge in [-0.2, -0.15) is 0 Å². The number of ether oxygens (including phenoxy) is 2. The van der Waals surface area contributed by atoms with Crippen molar-refractivity contribution in [3.8, 4) is 11.5 Å². The van der Waals surface area contributed by atoms with Crippen molar-refractivity contribution in [1.82, 2.24) is 0 Å². The van der Waals surface area contributed by atoms with E-state index < -0.39 is 11.3 Å². The zero-order chi connectivity index (χ0) is 34.0. The van der Waals surface area contributed by atoms with Gasteiger partial charge in [0.15, 0.2) is 0 Å². The first-order chi connectivity index (χ1) is 24.6. The smallest absolute Gasteiger partial charge is 0.226 e. The highest BCUT2D eigenvalue weighted by Gasteiger charge is 2.60. The van der Waals surface area contributed by atoms with Crippen LogP contribution in [-0.2, 0) is 11.3 Å². The number of hydrogen-bond acceptors (Lipinski definition) is 6. The summed E-state index contributed by atoms with van der Waals surface area (Å²) in [6, 6.07) is 56.8. The normalized spacial score (nSPS) is 15.8. The van der Waals surface area contributed by atoms with Crippen LogP contribution in [0.2, 0.25) is 0 Å². The van der Waals surface area contributed by atoms with Gasteiger partial charge in [-0.05, 0) is 24.3 Å². The van der Waals surface area contributed by atoms with Gasteiger partial charge in [-0.25, -0.2) is 20.0 Å². The Morgan fingerprint density at radius 1 is 0.320 bits per heavy atom. The molecule has 242 valence electrons. The molecule has 0 bridgehead atoms. The van der Waals surface area contributed by atoms with E-state index in [1.807, 2.05) is 121 Å². The van der Waals surface area contributed by atoms with Gasteiger partial charge in [-0.1, -0.05) is 146 Å². The fourth-order valence-electron chi connectivity index (χ4n) is 6.72. The van der Waals surface area contributed by atoms with Crippen LogP contribution >= 0.6 is 0 Å². The maximum absolute atomic E-state index is 5.73. The molecule has 0 fully saturated rings. The SMILES string of the molecule is COc1ccc(C2(C3(c4ccc(OC)cc4)N=C(c4ccccc4)C(c4ccccc4)=N3)N=C(c3ccccc3)C(c3ccccc3)=N2)cc1. The van der Waals surface area contributed by atoms with Gasteiger partial charge < -0.3 is 9.47 Å². The molecule has 0 atom stereocenters. The minimum Gasteiger partial charge on any atom is -0.497 e. The Hall–Kier alpha value is -6.40. The summed E-state index contributed by atoms with van der Waals surface area (Å²) in [6.45, 7) is 0. The second kappa shape index (κ2) is 12.9. The average Bonchev–Trinajstić information content (AvgIpc) is 3.82. The predicted octanol–water partition coefficient (Wildman–Crippen LogP) is 8.69. The first-order valence-electron chi connectivity index (χ1n) is 16.5. The lowest BCUT2D eigenvalue weighted by molar-refractivity contribution is 0.256. The summed E-state index contributed by atoms with van der Waals surface area (Å²) in [4.78, 5) is 22.9. The van der Waals surface area contributed by atoms with Crippen molar-refractivity contribution < 1.29 is 9.47 Å². The van der Waals surface area contributed by atoms with E-state index in [2.05, 4.69) is 48.5 Å². The van der Waals surface area contributed by atoms with Crippen molar-refractivity contribution in [3.05, 3.63) is 203 Å². The molecule has 0 saturated carbocycles. The van der Waals surface area contributed by atoms with Gasteiger partial charge >= 0.3 is 0 Å². The number of aliphatic imine (C=N–C) groups is 4. The highest BCUT2D eigenvalue weighted by molar-refractivity contribution is 6.55. The maximum atomic E-state index is 5.73. The van der Waals surface area contributed by atoms with E-state index in [4.69, 9.17) is 29.4 Å². The fourth-order valence-corrected chi connectivity index (χ4v) is 6.72. The average molecular weight is 651 g/mol. The van der Waals surface area contributed by atoms with E-state index >= 15 is 0 Å². The summed E-state index contributed by atoms with van der Waals surface area (Å²) < 4.78 is 11.2. The molecular formula is C44H34N4O2. The van der Waals surface area contributed by atoms with Crippen LogP contribution in [0.15, 0.2) is 190 Å². The molecule has 6 nitrogen and oxygen atoms in total. The molecule has 6 aromatic carbocycles. The standard InChI is InChI=1S/C44H34N4O2/c1-49-37-27-23-35(24-28-37)43(45-39(31-15-7-3-8-16-31)40(46-43)32-17-9-4-10-18-32)44(36-25-29-38(50-2)30-26-36)47-41(33-19-11-5-12-20-33)42(48-44)34-21-13-6-14-22-34/h3-30H,1-2H3. The van der Waals surface area contributed by atoms with Crippen LogP contribution in [0.5, 0.6) is 11.5 Å². The lowest BCUT2D eigenvalue weighted by atomic mass is 9.82. The van der Waals surface area contributed by atoms with Crippen molar-refractivity contribution in [3.63, 3.8) is 0 Å². The molecule has 0 aliphatic carbocycles. The first-order valence-corrected chi connectivity index (χ1v) is 16.5. The van der Waals surface area contributed by atoms with Gasteiger partial charge in [0.1, 0.15) is 11.5 Å². The molecule has 8 rings (SSSR count). The van der Waals surface area contributed by atoms with Crippen LogP contribution in [0.4, 0.5) is 0 Å². The zero-order valence-electron chi connectivity index (χ0n) is 27.8. The highest BCUT2D eigenvalue weighted by atomic mass is 16.5. The summed E-state index contributed by atoms with van der Waals surface area (Å²) >= 11 is 0. The molecule has 2 heterocycles. The van der Waals surface area contributed by atoms with Crippen LogP contribution < -0.4 is 9.47 Å². The third-order valence-corrected chi connectivity index (χ3v) is 9.20. The summed E-state index contributed by atoms with van der Waals surface area (Å²) in [7, 11) is 3.33. The van der Waals surface area contributed by atoms with E-state index in [1.165, 1.54) is 0 Å². The number of nitrogens with zero attached hydrogens (tertiary/aromatic N) is 4. The third kappa shape index (κ3) is 5.22. The van der Waals surface area contributed by atoms with E-state index in [1.54, 1.807) is 14.2 Å². The van der Waals surface area contributed by atoms with Crippen molar-refractivity contribution in [2.45, 2.75) is 11.3 Å². The molecule has 6 heteroatoms. The topological polar surface area (TPSA) is 67.9 Å². The molecule has 6 aromatic rings. The molecule has 0 aromatic heterocycles. The summed E-state index contributed by atoms with van der Waals surface area (Å²) in [5, 5.41) is 0. The summed E-state index contributed by atoms with van der Waals surface area (Å²) in [5.74, 6) is 1.46. The predicted molar refractivity (Wildman–Crippen MR) is 201 cm³/mol. The third-order valence-electron chi connectivity index (χ3n) is 9.20. The van der Waals surface area contributed by atoms with Gasteiger partial charge in [0.2, 0.25) is 11.3 Å². The Morgan fingerprint density at radius 3 is 0.780 bits per heavy atom. The Balaban J connectivity index is 1.52. The van der Waals surface area contributed by atoms with E-state index in [0.29, 0.717) is 0 Å². The minimum absolute atomic E-state index is 0.730. The van der Waals surface area contributed by atoms with Crippen LogP contribution in [0.25, 0.3) is 0 Å². The van der Waals surface area contributed by atoms with Crippen molar-refractivity contribution in [2.24, 2.45) is 20.0 Å². The quantitative estimate of drug-likeness (QED) is 0.157. The zero-order valence-corrected chi connectivity index (χ0v) is 27.8. The monoisotopic (exact) mass is 650 g/mol. The fraction of sp³-hybridized carbons (Fsp3) is 0.0909. The van der Waals surface area contributed by atoms with E-state index in [0.717, 1.165) is 67.7 Å². The maximum Gasteiger partial charge on any atom is 0.226 e. The van der Waals surface area contributed by atoms with Crippen molar-refractivity contribution >= 4 is 22.8 Å². The summed E-state index contributed by atoms with van der Waals surface area (Å²) in [6.07, 6.45) is 0. The van der Waals surface area contributed by atoms with Crippen LogP contribution in [0.1, 0.15) is 33.4 Å². The van der Waals surface area contributed by atoms with Gasteiger partial charge in [0.05, 0.1) is 37.1 Å². The Bertz CT molecular complexity index is 1970. The highest BCUT2D eigenvalue weighted by Crippen LogP contribution is 2.54.